The lowest BCUT2D eigenvalue weighted by Crippen LogP contribution is -2.44. The molecule has 0 spiro atoms. The van der Waals surface area contributed by atoms with Crippen LogP contribution >= 0.6 is 0 Å². The van der Waals surface area contributed by atoms with Crippen LogP contribution in [0.3, 0.4) is 0 Å². The number of hydrogen-bond donors (Lipinski definition) is 2. The Kier molecular flexibility index (Phi) is 3.45. The molecular weight excluding hydrogens is 168 g/mol. The van der Waals surface area contributed by atoms with Gasteiger partial charge in [-0.25, -0.2) is 0 Å². The van der Waals surface area contributed by atoms with Crippen LogP contribution in [0, 0.1) is 0 Å². The summed E-state index contributed by atoms with van der Waals surface area (Å²) in [6.07, 6.45) is 1.46. The molecule has 4 nitrogen and oxygen atoms in total. The van der Waals surface area contributed by atoms with Crippen LogP contribution in [0.4, 0.5) is 0 Å². The number of nitrogens with one attached hydrogen (secondary N) is 1. The highest BCUT2D eigenvalue weighted by atomic mass is 16.3. The molecule has 4 heteroatoms. The maximum absolute atomic E-state index is 11.4. The summed E-state index contributed by atoms with van der Waals surface area (Å²) in [5.41, 5.74) is 0. The highest BCUT2D eigenvalue weighted by molar-refractivity contribution is 5.77. The minimum absolute atomic E-state index is 0.00255. The van der Waals surface area contributed by atoms with Crippen LogP contribution in [-0.4, -0.2) is 48.2 Å². The molecule has 0 aromatic heterocycles. The SMILES string of the molecule is C=CCC(=O)N(C)C1CNCC1O. The van der Waals surface area contributed by atoms with Gasteiger partial charge in [-0.15, -0.1) is 6.58 Å². The number of amides is 1. The number of aliphatic hydroxyl groups excluding tert-OH is 1. The largest absolute Gasteiger partial charge is 0.390 e. The number of carbonyl (C=O) groups is 1. The first-order valence-electron chi connectivity index (χ1n) is 4.42. The van der Waals surface area contributed by atoms with Crippen molar-refractivity contribution in [2.24, 2.45) is 0 Å². The van der Waals surface area contributed by atoms with Crippen molar-refractivity contribution >= 4 is 5.91 Å². The Hall–Kier alpha value is -0.870. The molecule has 1 heterocycles. The lowest BCUT2D eigenvalue weighted by Gasteiger charge is -2.25. The number of nitrogens with zero attached hydrogens (tertiary/aromatic N) is 1. The number of likely N-dealkylation sites (N-methyl/N-ethyl adjacent to an activating group) is 1. The van der Waals surface area contributed by atoms with Gasteiger partial charge in [0, 0.05) is 26.6 Å². The van der Waals surface area contributed by atoms with Gasteiger partial charge in [-0.1, -0.05) is 6.08 Å². The molecule has 2 atom stereocenters. The van der Waals surface area contributed by atoms with Crippen molar-refractivity contribution < 1.29 is 9.90 Å². The van der Waals surface area contributed by atoms with Gasteiger partial charge < -0.3 is 15.3 Å². The molecule has 1 rings (SSSR count). The summed E-state index contributed by atoms with van der Waals surface area (Å²) in [7, 11) is 1.72. The van der Waals surface area contributed by atoms with Crippen LogP contribution in [0.25, 0.3) is 0 Å². The Bertz CT molecular complexity index is 206. The normalized spacial score (nSPS) is 27.2. The first-order chi connectivity index (χ1) is 6.16. The van der Waals surface area contributed by atoms with E-state index in [1.807, 2.05) is 0 Å². The minimum atomic E-state index is -0.446. The van der Waals surface area contributed by atoms with Crippen molar-refractivity contribution in [1.29, 1.82) is 0 Å². The summed E-state index contributed by atoms with van der Waals surface area (Å²) in [6, 6.07) is -0.0903. The maximum Gasteiger partial charge on any atom is 0.226 e. The van der Waals surface area contributed by atoms with Crippen molar-refractivity contribution in [3.05, 3.63) is 12.7 Å². The van der Waals surface area contributed by atoms with Crippen LogP contribution < -0.4 is 5.32 Å². The topological polar surface area (TPSA) is 52.6 Å². The molecule has 0 aromatic rings. The van der Waals surface area contributed by atoms with Gasteiger partial charge in [-0.05, 0) is 0 Å². The summed E-state index contributed by atoms with van der Waals surface area (Å²) >= 11 is 0. The second-order valence-electron chi connectivity index (χ2n) is 3.29. The highest BCUT2D eigenvalue weighted by Gasteiger charge is 2.30. The fourth-order valence-electron chi connectivity index (χ4n) is 1.50. The lowest BCUT2D eigenvalue weighted by molar-refractivity contribution is -0.132. The second kappa shape index (κ2) is 4.39. The number of aliphatic hydroxyl groups is 1. The molecule has 2 unspecified atom stereocenters. The molecule has 0 aliphatic carbocycles. The van der Waals surface area contributed by atoms with Crippen LogP contribution in [-0.2, 0) is 4.79 Å². The predicted molar refractivity (Wildman–Crippen MR) is 50.2 cm³/mol. The van der Waals surface area contributed by atoms with E-state index in [-0.39, 0.29) is 11.9 Å². The summed E-state index contributed by atoms with van der Waals surface area (Å²) in [6.45, 7) is 4.74. The van der Waals surface area contributed by atoms with Gasteiger partial charge in [0.1, 0.15) is 0 Å². The molecule has 1 saturated heterocycles. The summed E-state index contributed by atoms with van der Waals surface area (Å²) < 4.78 is 0. The zero-order valence-electron chi connectivity index (χ0n) is 7.86. The predicted octanol–water partition coefficient (Wildman–Crippen LogP) is -0.646. The Morgan fingerprint density at radius 3 is 2.92 bits per heavy atom. The van der Waals surface area contributed by atoms with Gasteiger partial charge in [-0.3, -0.25) is 4.79 Å². The first kappa shape index (κ1) is 10.2. The van der Waals surface area contributed by atoms with Gasteiger partial charge in [0.05, 0.1) is 12.1 Å². The third-order valence-corrected chi connectivity index (χ3v) is 2.36. The first-order valence-corrected chi connectivity index (χ1v) is 4.42. The van der Waals surface area contributed by atoms with Crippen LogP contribution in [0.1, 0.15) is 6.42 Å². The number of carbonyl (C=O) groups excluding carboxylic acids is 1. The van der Waals surface area contributed by atoms with Gasteiger partial charge >= 0.3 is 0 Å². The van der Waals surface area contributed by atoms with Crippen molar-refractivity contribution in [3.63, 3.8) is 0 Å². The minimum Gasteiger partial charge on any atom is -0.390 e. The van der Waals surface area contributed by atoms with Crippen molar-refractivity contribution in [1.82, 2.24) is 10.2 Å². The Balaban J connectivity index is 2.50. The lowest BCUT2D eigenvalue weighted by atomic mass is 10.2. The van der Waals surface area contributed by atoms with E-state index in [0.717, 1.165) is 0 Å². The quantitative estimate of drug-likeness (QED) is 0.573. The standard InChI is InChI=1S/C9H16N2O2/c1-3-4-9(13)11(2)7-5-10-6-8(7)12/h3,7-8,10,12H,1,4-6H2,2H3. The van der Waals surface area contributed by atoms with Crippen LogP contribution in [0.15, 0.2) is 12.7 Å². The monoisotopic (exact) mass is 184 g/mol. The molecule has 13 heavy (non-hydrogen) atoms. The highest BCUT2D eigenvalue weighted by Crippen LogP contribution is 2.08. The summed E-state index contributed by atoms with van der Waals surface area (Å²) in [5, 5.41) is 12.5. The van der Waals surface area contributed by atoms with E-state index in [2.05, 4.69) is 11.9 Å². The second-order valence-corrected chi connectivity index (χ2v) is 3.29. The van der Waals surface area contributed by atoms with E-state index < -0.39 is 6.10 Å². The molecular formula is C9H16N2O2. The van der Waals surface area contributed by atoms with Crippen LogP contribution in [0.5, 0.6) is 0 Å². The van der Waals surface area contributed by atoms with Gasteiger partial charge in [-0.2, -0.15) is 0 Å². The van der Waals surface area contributed by atoms with Gasteiger partial charge in [0.25, 0.3) is 0 Å². The average Bonchev–Trinajstić information content (AvgIpc) is 2.50. The molecule has 0 radical (unpaired) electrons. The molecule has 1 fully saturated rings. The van der Waals surface area contributed by atoms with E-state index in [0.29, 0.717) is 19.5 Å². The van der Waals surface area contributed by atoms with E-state index in [1.54, 1.807) is 18.0 Å². The molecule has 1 aliphatic heterocycles. The Morgan fingerprint density at radius 1 is 1.77 bits per heavy atom. The van der Waals surface area contributed by atoms with E-state index in [9.17, 15) is 9.90 Å². The van der Waals surface area contributed by atoms with Crippen molar-refractivity contribution in [2.75, 3.05) is 20.1 Å². The van der Waals surface area contributed by atoms with Crippen molar-refractivity contribution in [3.8, 4) is 0 Å². The number of hydrogen-bond acceptors (Lipinski definition) is 3. The number of β-amino-alcohol motifs (C(OH)–C–C–N with tert-alkyl or cyclic N) is 1. The fraction of sp³-hybridized carbons (Fsp3) is 0.667. The molecule has 74 valence electrons. The summed E-state index contributed by atoms with van der Waals surface area (Å²) in [5.74, 6) is 0.00255. The van der Waals surface area contributed by atoms with E-state index >= 15 is 0 Å². The molecule has 2 N–H and O–H groups in total. The fourth-order valence-corrected chi connectivity index (χ4v) is 1.50. The molecule has 1 amide bonds. The molecule has 0 bridgehead atoms. The molecule has 1 aliphatic rings. The smallest absolute Gasteiger partial charge is 0.226 e. The van der Waals surface area contributed by atoms with Gasteiger partial charge in [0.15, 0.2) is 0 Å². The average molecular weight is 184 g/mol. The Morgan fingerprint density at radius 2 is 2.46 bits per heavy atom. The zero-order chi connectivity index (χ0) is 9.84. The summed E-state index contributed by atoms with van der Waals surface area (Å²) in [4.78, 5) is 13.0. The maximum atomic E-state index is 11.4. The molecule has 0 saturated carbocycles. The van der Waals surface area contributed by atoms with Crippen LogP contribution in [0.2, 0.25) is 0 Å². The Labute approximate surface area is 78.2 Å². The zero-order valence-corrected chi connectivity index (χ0v) is 7.86. The van der Waals surface area contributed by atoms with Gasteiger partial charge in [0.2, 0.25) is 5.91 Å². The van der Waals surface area contributed by atoms with E-state index in [4.69, 9.17) is 0 Å². The van der Waals surface area contributed by atoms with Crippen molar-refractivity contribution in [2.45, 2.75) is 18.6 Å². The number of rotatable bonds is 3. The molecule has 0 aromatic carbocycles. The third kappa shape index (κ3) is 2.29. The van der Waals surface area contributed by atoms with E-state index in [1.165, 1.54) is 0 Å². The third-order valence-electron chi connectivity index (χ3n) is 2.36.